The van der Waals surface area contributed by atoms with Gasteiger partial charge in [-0.3, -0.25) is 0 Å². The van der Waals surface area contributed by atoms with Crippen molar-refractivity contribution in [2.24, 2.45) is 0 Å². The van der Waals surface area contributed by atoms with Crippen LogP contribution in [0.2, 0.25) is 0 Å². The number of aliphatic hydroxyl groups excluding tert-OH is 1. The molecule has 0 amide bonds. The van der Waals surface area contributed by atoms with Crippen LogP contribution in [0.25, 0.3) is 0 Å². The number of aliphatic hydroxyl groups is 1. The molecule has 1 aromatic rings. The Kier molecular flexibility index (Phi) is 4.03. The average molecular weight is 405 g/mol. The molecule has 1 aliphatic carbocycles. The van der Waals surface area contributed by atoms with Gasteiger partial charge >= 0.3 is 15.6 Å². The Balaban J connectivity index is 1.87. The van der Waals surface area contributed by atoms with Crippen LogP contribution in [0.1, 0.15) is 24.0 Å². The van der Waals surface area contributed by atoms with Crippen molar-refractivity contribution in [1.82, 2.24) is 4.90 Å². The normalized spacial score (nSPS) is 30.3. The van der Waals surface area contributed by atoms with Crippen molar-refractivity contribution < 1.29 is 35.6 Å². The first-order chi connectivity index (χ1) is 12.5. The van der Waals surface area contributed by atoms with Crippen LogP contribution < -0.4 is 8.92 Å². The van der Waals surface area contributed by atoms with Gasteiger partial charge in [0.05, 0.1) is 11.5 Å². The zero-order valence-corrected chi connectivity index (χ0v) is 15.2. The Hall–Kier alpha value is -1.78. The highest BCUT2D eigenvalue weighted by atomic mass is 32.2. The molecular weight excluding hydrogens is 387 g/mol. The van der Waals surface area contributed by atoms with Crippen molar-refractivity contribution in [2.75, 3.05) is 13.6 Å². The van der Waals surface area contributed by atoms with E-state index in [0.29, 0.717) is 25.1 Å². The van der Waals surface area contributed by atoms with E-state index in [4.69, 9.17) is 4.74 Å². The lowest BCUT2D eigenvalue weighted by Gasteiger charge is -2.35. The molecule has 0 aromatic heterocycles. The first-order valence-corrected chi connectivity index (χ1v) is 9.84. The summed E-state index contributed by atoms with van der Waals surface area (Å²) in [6.07, 6.45) is 3.15. The lowest BCUT2D eigenvalue weighted by Crippen LogP contribution is -2.42. The van der Waals surface area contributed by atoms with E-state index >= 15 is 0 Å². The van der Waals surface area contributed by atoms with Gasteiger partial charge in [-0.15, -0.1) is 0 Å². The number of nitrogens with zero attached hydrogens (tertiary/aromatic N) is 1. The van der Waals surface area contributed by atoms with Gasteiger partial charge < -0.3 is 18.9 Å². The van der Waals surface area contributed by atoms with Crippen molar-refractivity contribution in [2.45, 2.75) is 42.5 Å². The topological polar surface area (TPSA) is 76.1 Å². The molecule has 4 rings (SSSR count). The third-order valence-electron chi connectivity index (χ3n) is 5.41. The maximum atomic E-state index is 12.8. The van der Waals surface area contributed by atoms with Gasteiger partial charge in [0.15, 0.2) is 11.5 Å². The maximum absolute atomic E-state index is 12.8. The Morgan fingerprint density at radius 2 is 2.11 bits per heavy atom. The molecule has 1 N–H and O–H groups in total. The van der Waals surface area contributed by atoms with Crippen molar-refractivity contribution >= 4 is 10.1 Å². The molecule has 2 aliphatic heterocycles. The minimum atomic E-state index is -5.81. The van der Waals surface area contributed by atoms with Gasteiger partial charge in [0.2, 0.25) is 0 Å². The number of hydrogen-bond acceptors (Lipinski definition) is 6. The van der Waals surface area contributed by atoms with Crippen LogP contribution in [0, 0.1) is 0 Å². The molecule has 6 nitrogen and oxygen atoms in total. The fourth-order valence-electron chi connectivity index (χ4n) is 4.15. The van der Waals surface area contributed by atoms with Crippen LogP contribution >= 0.6 is 0 Å². The summed E-state index contributed by atoms with van der Waals surface area (Å²) >= 11 is 0. The molecule has 1 spiro atoms. The molecule has 0 bridgehead atoms. The van der Waals surface area contributed by atoms with Crippen LogP contribution in [-0.2, 0) is 22.1 Å². The van der Waals surface area contributed by atoms with Crippen LogP contribution in [0.3, 0.4) is 0 Å². The SMILES string of the molecule is CN1CCC23C=C[C@H](O)CC2Oc2c(OS(=O)(=O)C(F)(F)F)ccc(c23)C1. The molecule has 1 aromatic carbocycles. The van der Waals surface area contributed by atoms with Gasteiger partial charge in [0.1, 0.15) is 6.10 Å². The molecule has 148 valence electrons. The molecule has 0 fully saturated rings. The average Bonchev–Trinajstić information content (AvgIpc) is 2.81. The summed E-state index contributed by atoms with van der Waals surface area (Å²) in [4.78, 5) is 2.08. The predicted octanol–water partition coefficient (Wildman–Crippen LogP) is 2.07. The monoisotopic (exact) mass is 405 g/mol. The summed E-state index contributed by atoms with van der Waals surface area (Å²) in [7, 11) is -3.88. The lowest BCUT2D eigenvalue weighted by molar-refractivity contribution is -0.0500. The molecule has 27 heavy (non-hydrogen) atoms. The molecule has 3 atom stereocenters. The second kappa shape index (κ2) is 5.86. The van der Waals surface area contributed by atoms with E-state index in [1.54, 1.807) is 12.1 Å². The summed E-state index contributed by atoms with van der Waals surface area (Å²) in [5.74, 6) is -0.466. The highest BCUT2D eigenvalue weighted by Crippen LogP contribution is 2.56. The van der Waals surface area contributed by atoms with Gasteiger partial charge in [0.25, 0.3) is 0 Å². The number of halogens is 3. The highest BCUT2D eigenvalue weighted by Gasteiger charge is 2.54. The van der Waals surface area contributed by atoms with Gasteiger partial charge in [0, 0.05) is 18.5 Å². The van der Waals surface area contributed by atoms with Crippen LogP contribution in [-0.4, -0.2) is 49.7 Å². The predicted molar refractivity (Wildman–Crippen MR) is 88.9 cm³/mol. The molecule has 0 saturated heterocycles. The Morgan fingerprint density at radius 3 is 2.81 bits per heavy atom. The summed E-state index contributed by atoms with van der Waals surface area (Å²) in [6.45, 7) is 1.26. The van der Waals surface area contributed by atoms with E-state index in [9.17, 15) is 26.7 Å². The summed E-state index contributed by atoms with van der Waals surface area (Å²) in [6, 6.07) is 2.77. The molecule has 3 aliphatic rings. The van der Waals surface area contributed by atoms with Gasteiger partial charge in [-0.25, -0.2) is 0 Å². The second-order valence-corrected chi connectivity index (χ2v) is 8.74. The first-order valence-electron chi connectivity index (χ1n) is 8.43. The quantitative estimate of drug-likeness (QED) is 0.461. The molecule has 2 unspecified atom stereocenters. The molecule has 2 heterocycles. The van der Waals surface area contributed by atoms with Crippen molar-refractivity contribution in [3.05, 3.63) is 35.4 Å². The van der Waals surface area contributed by atoms with Gasteiger partial charge in [-0.2, -0.15) is 21.6 Å². The molecular formula is C17H18F3NO5S. The van der Waals surface area contributed by atoms with Crippen molar-refractivity contribution in [3.8, 4) is 11.5 Å². The molecule has 10 heteroatoms. The van der Waals surface area contributed by atoms with E-state index in [2.05, 4.69) is 9.08 Å². The Labute approximate surface area is 154 Å². The smallest absolute Gasteiger partial charge is 0.485 e. The summed E-state index contributed by atoms with van der Waals surface area (Å²) in [5.41, 5.74) is -4.68. The highest BCUT2D eigenvalue weighted by molar-refractivity contribution is 7.88. The number of rotatable bonds is 2. The van der Waals surface area contributed by atoms with E-state index in [1.807, 2.05) is 13.1 Å². The van der Waals surface area contributed by atoms with E-state index < -0.39 is 39.0 Å². The molecule has 0 radical (unpaired) electrons. The zero-order valence-electron chi connectivity index (χ0n) is 14.4. The van der Waals surface area contributed by atoms with E-state index in [1.165, 1.54) is 6.07 Å². The van der Waals surface area contributed by atoms with E-state index in [-0.39, 0.29) is 12.2 Å². The number of alkyl halides is 3. The third-order valence-corrected chi connectivity index (χ3v) is 6.38. The number of hydrogen-bond donors (Lipinski definition) is 1. The fourth-order valence-corrected chi connectivity index (χ4v) is 4.61. The maximum Gasteiger partial charge on any atom is 0.534 e. The third kappa shape index (κ3) is 2.81. The second-order valence-electron chi connectivity index (χ2n) is 7.21. The zero-order chi connectivity index (χ0) is 19.6. The summed E-state index contributed by atoms with van der Waals surface area (Å²) in [5, 5.41) is 9.96. The number of ether oxygens (including phenoxy) is 1. The summed E-state index contributed by atoms with van der Waals surface area (Å²) < 4.78 is 71.6. The fraction of sp³-hybridized carbons (Fsp3) is 0.529. The minimum absolute atomic E-state index is 0.0133. The van der Waals surface area contributed by atoms with Crippen LogP contribution in [0.5, 0.6) is 11.5 Å². The number of benzene rings is 1. The van der Waals surface area contributed by atoms with E-state index in [0.717, 1.165) is 5.56 Å². The van der Waals surface area contributed by atoms with Gasteiger partial charge in [-0.1, -0.05) is 18.2 Å². The molecule has 0 saturated carbocycles. The minimum Gasteiger partial charge on any atom is -0.485 e. The van der Waals surface area contributed by atoms with Crippen LogP contribution in [0.4, 0.5) is 13.2 Å². The Morgan fingerprint density at radius 1 is 1.37 bits per heavy atom. The van der Waals surface area contributed by atoms with Crippen molar-refractivity contribution in [3.63, 3.8) is 0 Å². The van der Waals surface area contributed by atoms with Gasteiger partial charge in [-0.05, 0) is 31.6 Å². The van der Waals surface area contributed by atoms with Crippen molar-refractivity contribution in [1.29, 1.82) is 0 Å². The Bertz CT molecular complexity index is 914. The lowest BCUT2D eigenvalue weighted by atomic mass is 9.69. The standard InChI is InChI=1S/C17H18F3NO5S/c1-21-7-6-16-5-4-11(22)8-13(16)25-15-12(3-2-10(9-21)14(15)16)26-27(23,24)17(18,19)20/h2-5,11,13,22H,6-9H2,1H3/t11-,13?,16?/m0/s1. The van der Waals surface area contributed by atoms with Crippen LogP contribution in [0.15, 0.2) is 24.3 Å². The first kappa shape index (κ1) is 18.6. The largest absolute Gasteiger partial charge is 0.534 e.